The Morgan fingerprint density at radius 3 is 2.45 bits per heavy atom. The van der Waals surface area contributed by atoms with Gasteiger partial charge in [-0.3, -0.25) is 4.79 Å². The summed E-state index contributed by atoms with van der Waals surface area (Å²) in [6.07, 6.45) is -0.231. The van der Waals surface area contributed by atoms with Gasteiger partial charge in [0.25, 0.3) is 5.56 Å². The Morgan fingerprint density at radius 1 is 1.17 bits per heavy atom. The molecule has 2 aliphatic heterocycles. The van der Waals surface area contributed by atoms with Crippen molar-refractivity contribution in [1.29, 1.82) is 0 Å². The van der Waals surface area contributed by atoms with E-state index in [1.807, 2.05) is 41.5 Å². The molecular formula is C20H28BN3O5. The topological polar surface area (TPSA) is 95.7 Å². The number of hydrogen-bond acceptors (Lipinski definition) is 7. The van der Waals surface area contributed by atoms with Crippen molar-refractivity contribution >= 4 is 23.5 Å². The van der Waals surface area contributed by atoms with Crippen molar-refractivity contribution in [2.75, 3.05) is 13.2 Å². The lowest BCUT2D eigenvalue weighted by molar-refractivity contribution is -0.0352. The molecule has 0 unspecified atom stereocenters. The Bertz CT molecular complexity index is 1000. The molecule has 2 atom stereocenters. The lowest BCUT2D eigenvalue weighted by Gasteiger charge is -2.32. The van der Waals surface area contributed by atoms with Crippen LogP contribution in [0.3, 0.4) is 0 Å². The summed E-state index contributed by atoms with van der Waals surface area (Å²) in [6, 6.07) is 1.25. The lowest BCUT2D eigenvalue weighted by Crippen LogP contribution is -2.42. The van der Waals surface area contributed by atoms with Crippen molar-refractivity contribution in [2.45, 2.75) is 71.3 Å². The van der Waals surface area contributed by atoms with Gasteiger partial charge in [0.2, 0.25) is 0 Å². The molecule has 0 spiro atoms. The first-order valence-electron chi connectivity index (χ1n) is 10.0. The van der Waals surface area contributed by atoms with Crippen molar-refractivity contribution in [3.63, 3.8) is 0 Å². The number of ether oxygens (including phenoxy) is 1. The molecule has 2 fully saturated rings. The standard InChI is InChI=1S/C20H28BN3O5/c1-11-12(2)17-13(9-14(11)21-28-19(3,4)20(5,6)29-21)18(26)24(23-22-17)15-10-27-8-7-16(15)25/h9,15-16,25H,7-8,10H2,1-6H3/t15-,16-/m1/s1. The van der Waals surface area contributed by atoms with E-state index < -0.39 is 30.5 Å². The molecule has 8 nitrogen and oxygen atoms in total. The van der Waals surface area contributed by atoms with Gasteiger partial charge < -0.3 is 19.2 Å². The summed E-state index contributed by atoms with van der Waals surface area (Å²) in [5.41, 5.74) is 1.93. The molecule has 0 radical (unpaired) electrons. The number of nitrogens with zero attached hydrogens (tertiary/aromatic N) is 3. The molecule has 156 valence electrons. The van der Waals surface area contributed by atoms with Gasteiger partial charge in [-0.15, -0.1) is 5.10 Å². The monoisotopic (exact) mass is 401 g/mol. The fourth-order valence-electron chi connectivity index (χ4n) is 3.85. The summed E-state index contributed by atoms with van der Waals surface area (Å²) in [7, 11) is -0.576. The Morgan fingerprint density at radius 2 is 1.83 bits per heavy atom. The Labute approximate surface area is 170 Å². The molecule has 1 N–H and O–H groups in total. The van der Waals surface area contributed by atoms with Crippen molar-refractivity contribution in [2.24, 2.45) is 0 Å². The summed E-state index contributed by atoms with van der Waals surface area (Å²) in [6.45, 7) is 12.6. The van der Waals surface area contributed by atoms with Gasteiger partial charge >= 0.3 is 7.12 Å². The molecule has 1 aromatic carbocycles. The van der Waals surface area contributed by atoms with Crippen molar-refractivity contribution in [1.82, 2.24) is 15.0 Å². The quantitative estimate of drug-likeness (QED) is 0.751. The van der Waals surface area contributed by atoms with Crippen LogP contribution in [0.1, 0.15) is 51.3 Å². The van der Waals surface area contributed by atoms with E-state index in [1.165, 1.54) is 4.68 Å². The highest BCUT2D eigenvalue weighted by Gasteiger charge is 2.52. The molecule has 0 aliphatic carbocycles. The van der Waals surface area contributed by atoms with E-state index in [1.54, 1.807) is 6.07 Å². The number of fused-ring (bicyclic) bond motifs is 1. The van der Waals surface area contributed by atoms with Gasteiger partial charge in [0.05, 0.1) is 29.3 Å². The average Bonchev–Trinajstić information content (AvgIpc) is 2.86. The second kappa shape index (κ2) is 6.87. The summed E-state index contributed by atoms with van der Waals surface area (Å²) < 4.78 is 19.1. The minimum absolute atomic E-state index is 0.232. The van der Waals surface area contributed by atoms with Crippen LogP contribution in [-0.4, -0.2) is 57.7 Å². The molecule has 0 amide bonds. The first-order valence-corrected chi connectivity index (χ1v) is 10.0. The summed E-state index contributed by atoms with van der Waals surface area (Å²) >= 11 is 0. The highest BCUT2D eigenvalue weighted by atomic mass is 16.7. The van der Waals surface area contributed by atoms with Gasteiger partial charge in [0, 0.05) is 6.61 Å². The predicted octanol–water partition coefficient (Wildman–Crippen LogP) is 1.03. The molecule has 1 aromatic heterocycles. The zero-order chi connectivity index (χ0) is 21.1. The van der Waals surface area contributed by atoms with Gasteiger partial charge in [-0.25, -0.2) is 4.68 Å². The smallest absolute Gasteiger partial charge is 0.399 e. The van der Waals surface area contributed by atoms with Crippen LogP contribution in [0, 0.1) is 13.8 Å². The van der Waals surface area contributed by atoms with Crippen LogP contribution in [0.15, 0.2) is 10.9 Å². The van der Waals surface area contributed by atoms with Crippen LogP contribution in [0.25, 0.3) is 10.9 Å². The second-order valence-electron chi connectivity index (χ2n) is 9.04. The van der Waals surface area contributed by atoms with Crippen LogP contribution >= 0.6 is 0 Å². The SMILES string of the molecule is Cc1c(B2OC(C)(C)C(C)(C)O2)cc2c(=O)n([C@@H]3COCC[C@H]3O)nnc2c1C. The molecule has 0 saturated carbocycles. The van der Waals surface area contributed by atoms with E-state index in [2.05, 4.69) is 10.3 Å². The molecule has 2 aliphatic rings. The van der Waals surface area contributed by atoms with Crippen LogP contribution in [0.5, 0.6) is 0 Å². The van der Waals surface area contributed by atoms with Crippen LogP contribution < -0.4 is 11.0 Å². The Balaban J connectivity index is 1.85. The van der Waals surface area contributed by atoms with Gasteiger partial charge in [-0.05, 0) is 70.6 Å². The van der Waals surface area contributed by atoms with Gasteiger partial charge in [0.15, 0.2) is 0 Å². The first kappa shape index (κ1) is 20.5. The molecule has 2 aromatic rings. The minimum Gasteiger partial charge on any atom is -0.399 e. The van der Waals surface area contributed by atoms with Gasteiger partial charge in [0.1, 0.15) is 11.6 Å². The Hall–Kier alpha value is -1.81. The van der Waals surface area contributed by atoms with Crippen molar-refractivity contribution < 1.29 is 19.2 Å². The van der Waals surface area contributed by atoms with Gasteiger partial charge in [-0.2, -0.15) is 0 Å². The number of aromatic nitrogens is 3. The molecule has 4 rings (SSSR count). The van der Waals surface area contributed by atoms with Crippen LogP contribution in [-0.2, 0) is 14.0 Å². The molecule has 29 heavy (non-hydrogen) atoms. The number of rotatable bonds is 2. The zero-order valence-corrected chi connectivity index (χ0v) is 17.9. The van der Waals surface area contributed by atoms with E-state index >= 15 is 0 Å². The highest BCUT2D eigenvalue weighted by molar-refractivity contribution is 6.63. The summed E-state index contributed by atoms with van der Waals surface area (Å²) in [5, 5.41) is 19.2. The third-order valence-electron chi connectivity index (χ3n) is 6.70. The molecule has 0 bridgehead atoms. The second-order valence-corrected chi connectivity index (χ2v) is 9.04. The van der Waals surface area contributed by atoms with Crippen molar-refractivity contribution in [3.8, 4) is 0 Å². The fourth-order valence-corrected chi connectivity index (χ4v) is 3.85. The highest BCUT2D eigenvalue weighted by Crippen LogP contribution is 2.37. The number of aryl methyl sites for hydroxylation is 1. The molecule has 2 saturated heterocycles. The maximum atomic E-state index is 13.3. The maximum Gasteiger partial charge on any atom is 0.495 e. The fraction of sp³-hybridized carbons (Fsp3) is 0.650. The third-order valence-corrected chi connectivity index (χ3v) is 6.70. The number of hydrogen-bond donors (Lipinski definition) is 1. The van der Waals surface area contributed by atoms with E-state index in [0.717, 1.165) is 16.6 Å². The largest absolute Gasteiger partial charge is 0.495 e. The normalized spacial score (nSPS) is 26.2. The Kier molecular flexibility index (Phi) is 4.85. The lowest BCUT2D eigenvalue weighted by atomic mass is 9.74. The van der Waals surface area contributed by atoms with E-state index in [-0.39, 0.29) is 12.2 Å². The summed E-state index contributed by atoms with van der Waals surface area (Å²) in [5.74, 6) is 0. The zero-order valence-electron chi connectivity index (χ0n) is 17.9. The molecule has 9 heteroatoms. The first-order chi connectivity index (χ1) is 13.5. The minimum atomic E-state index is -0.692. The van der Waals surface area contributed by atoms with E-state index in [0.29, 0.717) is 23.9 Å². The number of benzene rings is 1. The summed E-state index contributed by atoms with van der Waals surface area (Å²) in [4.78, 5) is 13.3. The van der Waals surface area contributed by atoms with Crippen molar-refractivity contribution in [3.05, 3.63) is 27.5 Å². The maximum absolute atomic E-state index is 13.3. The van der Waals surface area contributed by atoms with E-state index in [4.69, 9.17) is 14.0 Å². The van der Waals surface area contributed by atoms with Gasteiger partial charge in [-0.1, -0.05) is 5.21 Å². The number of aliphatic hydroxyl groups excluding tert-OH is 1. The van der Waals surface area contributed by atoms with E-state index in [9.17, 15) is 9.90 Å². The molecule has 3 heterocycles. The van der Waals surface area contributed by atoms with Crippen LogP contribution in [0.4, 0.5) is 0 Å². The average molecular weight is 401 g/mol. The number of aliphatic hydroxyl groups is 1. The van der Waals surface area contributed by atoms with Crippen LogP contribution in [0.2, 0.25) is 0 Å². The third kappa shape index (κ3) is 3.20. The predicted molar refractivity (Wildman–Crippen MR) is 109 cm³/mol. The molecular weight excluding hydrogens is 373 g/mol.